The molecule has 432 valence electrons. The van der Waals surface area contributed by atoms with Gasteiger partial charge >= 0.3 is 0 Å². The van der Waals surface area contributed by atoms with Gasteiger partial charge in [0, 0.05) is 44.0 Å². The lowest BCUT2D eigenvalue weighted by molar-refractivity contribution is 1.18. The smallest absolute Gasteiger partial charge is 0.0715 e. The van der Waals surface area contributed by atoms with Gasteiger partial charge in [-0.1, -0.05) is 267 Å². The number of fused-ring (bicyclic) bond motifs is 12. The number of hydrogen-bond donors (Lipinski definition) is 0. The zero-order chi connectivity index (χ0) is 61.2. The van der Waals surface area contributed by atoms with E-state index in [0.29, 0.717) is 0 Å². The van der Waals surface area contributed by atoms with Crippen molar-refractivity contribution in [3.05, 3.63) is 334 Å². The third kappa shape index (κ3) is 9.00. The van der Waals surface area contributed by atoms with E-state index in [9.17, 15) is 0 Å². The SMILES string of the molecule is C/C=C\C.c1ccc(-n2c3ccccc3c3cc(-c4cccc(-c5ccc6c7c(cccc57)-c5ccccc5-6)n4)ccc32)cc1.c1ccc(-n2c3ccccc3c3ccc(-c4ccc(-c5ccc(-c6ccc7c8c(cccc68)-c6ccccc6-7)cc5)cc4)cc32)cc1. The lowest BCUT2D eigenvalue weighted by atomic mass is 9.93. The minimum Gasteiger partial charge on any atom is -0.309 e. The number of hydrogen-bond acceptors (Lipinski definition) is 1. The van der Waals surface area contributed by atoms with Gasteiger partial charge in [0.05, 0.1) is 33.5 Å². The van der Waals surface area contributed by atoms with Crippen LogP contribution in [0.1, 0.15) is 13.8 Å². The van der Waals surface area contributed by atoms with Crippen LogP contribution in [0.4, 0.5) is 0 Å². The Balaban J connectivity index is 0.000000134. The molecule has 0 spiro atoms. The van der Waals surface area contributed by atoms with Gasteiger partial charge in [0.2, 0.25) is 0 Å². The van der Waals surface area contributed by atoms with Gasteiger partial charge in [-0.2, -0.15) is 0 Å². The predicted molar refractivity (Wildman–Crippen MR) is 391 cm³/mol. The zero-order valence-electron chi connectivity index (χ0n) is 51.1. The molecule has 3 heterocycles. The Morgan fingerprint density at radius 1 is 0.217 bits per heavy atom. The van der Waals surface area contributed by atoms with E-state index in [4.69, 9.17) is 4.98 Å². The second kappa shape index (κ2) is 22.6. The van der Waals surface area contributed by atoms with Crippen molar-refractivity contribution >= 4 is 65.2 Å². The molecule has 0 radical (unpaired) electrons. The first-order valence-electron chi connectivity index (χ1n) is 31.8. The highest BCUT2D eigenvalue weighted by Gasteiger charge is 2.25. The molecule has 14 aromatic carbocycles. The molecule has 3 aromatic heterocycles. The summed E-state index contributed by atoms with van der Waals surface area (Å²) in [6, 6.07) is 117. The molecule has 0 aliphatic heterocycles. The van der Waals surface area contributed by atoms with E-state index in [1.807, 2.05) is 26.0 Å². The van der Waals surface area contributed by atoms with Gasteiger partial charge in [-0.05, 0) is 180 Å². The van der Waals surface area contributed by atoms with Crippen LogP contribution in [0.3, 0.4) is 0 Å². The van der Waals surface area contributed by atoms with Crippen molar-refractivity contribution in [2.75, 3.05) is 0 Å². The first-order chi connectivity index (χ1) is 45.6. The lowest BCUT2D eigenvalue weighted by Gasteiger charge is -2.11. The van der Waals surface area contributed by atoms with E-state index >= 15 is 0 Å². The van der Waals surface area contributed by atoms with Crippen molar-refractivity contribution in [2.45, 2.75) is 13.8 Å². The molecule has 0 saturated heterocycles. The molecule has 19 rings (SSSR count). The minimum absolute atomic E-state index is 0.979. The van der Waals surface area contributed by atoms with Gasteiger partial charge in [0.1, 0.15) is 0 Å². The highest BCUT2D eigenvalue weighted by molar-refractivity contribution is 6.20. The van der Waals surface area contributed by atoms with Crippen molar-refractivity contribution < 1.29 is 0 Å². The zero-order valence-corrected chi connectivity index (χ0v) is 51.1. The van der Waals surface area contributed by atoms with Gasteiger partial charge in [0.15, 0.2) is 0 Å². The second-order valence-corrected chi connectivity index (χ2v) is 23.9. The lowest BCUT2D eigenvalue weighted by Crippen LogP contribution is -1.93. The highest BCUT2D eigenvalue weighted by Crippen LogP contribution is 2.51. The van der Waals surface area contributed by atoms with Crippen LogP contribution in [0.15, 0.2) is 334 Å². The average Bonchev–Trinajstić information content (AvgIpc) is 1.61. The Kier molecular flexibility index (Phi) is 13.3. The quantitative estimate of drug-likeness (QED) is 0.146. The van der Waals surface area contributed by atoms with Gasteiger partial charge in [-0.25, -0.2) is 4.98 Å². The largest absolute Gasteiger partial charge is 0.309 e. The first kappa shape index (κ1) is 54.3. The molecule has 92 heavy (non-hydrogen) atoms. The fourth-order valence-electron chi connectivity index (χ4n) is 14.5. The first-order valence-corrected chi connectivity index (χ1v) is 31.8. The third-order valence-corrected chi connectivity index (χ3v) is 18.9. The Morgan fingerprint density at radius 2 is 0.587 bits per heavy atom. The van der Waals surface area contributed by atoms with E-state index in [-0.39, 0.29) is 0 Å². The molecule has 3 heteroatoms. The van der Waals surface area contributed by atoms with Crippen LogP contribution >= 0.6 is 0 Å². The summed E-state index contributed by atoms with van der Waals surface area (Å²) in [5.41, 5.74) is 29.5. The number of benzene rings is 14. The maximum Gasteiger partial charge on any atom is 0.0715 e. The van der Waals surface area contributed by atoms with Crippen molar-refractivity contribution in [3.8, 4) is 112 Å². The molecule has 0 atom stereocenters. The van der Waals surface area contributed by atoms with E-state index in [1.165, 1.54) is 160 Å². The average molecular weight is 1170 g/mol. The molecule has 0 fully saturated rings. The van der Waals surface area contributed by atoms with Crippen LogP contribution in [0.5, 0.6) is 0 Å². The van der Waals surface area contributed by atoms with Gasteiger partial charge in [-0.15, -0.1) is 0 Å². The number of pyridine rings is 1. The van der Waals surface area contributed by atoms with Crippen molar-refractivity contribution in [1.82, 2.24) is 14.1 Å². The van der Waals surface area contributed by atoms with Crippen LogP contribution in [0.2, 0.25) is 0 Å². The van der Waals surface area contributed by atoms with Crippen molar-refractivity contribution in [1.29, 1.82) is 0 Å². The summed E-state index contributed by atoms with van der Waals surface area (Å²) < 4.78 is 4.73. The molecule has 0 saturated carbocycles. The topological polar surface area (TPSA) is 22.8 Å². The highest BCUT2D eigenvalue weighted by atomic mass is 15.0. The number of para-hydroxylation sites is 4. The van der Waals surface area contributed by atoms with Crippen LogP contribution < -0.4 is 0 Å². The van der Waals surface area contributed by atoms with Crippen molar-refractivity contribution in [3.63, 3.8) is 0 Å². The Hall–Kier alpha value is -11.9. The molecule has 0 N–H and O–H groups in total. The summed E-state index contributed by atoms with van der Waals surface area (Å²) >= 11 is 0. The summed E-state index contributed by atoms with van der Waals surface area (Å²) in [6.07, 6.45) is 4.00. The fraction of sp³-hybridized carbons (Fsp3) is 0.0225. The van der Waals surface area contributed by atoms with E-state index in [1.54, 1.807) is 0 Å². The summed E-state index contributed by atoms with van der Waals surface area (Å²) in [6.45, 7) is 4.00. The Morgan fingerprint density at radius 3 is 1.15 bits per heavy atom. The van der Waals surface area contributed by atoms with Crippen LogP contribution in [-0.2, 0) is 0 Å². The predicted octanol–water partition coefficient (Wildman–Crippen LogP) is 24.5. The summed E-state index contributed by atoms with van der Waals surface area (Å²) in [5.74, 6) is 0. The summed E-state index contributed by atoms with van der Waals surface area (Å²) in [4.78, 5) is 5.24. The summed E-state index contributed by atoms with van der Waals surface area (Å²) in [5, 5.41) is 10.3. The van der Waals surface area contributed by atoms with E-state index in [2.05, 4.69) is 331 Å². The Labute approximate surface area is 535 Å². The monoisotopic (exact) mass is 1170 g/mol. The molecule has 0 bridgehead atoms. The molecule has 17 aromatic rings. The number of aromatic nitrogens is 3. The van der Waals surface area contributed by atoms with Gasteiger partial charge in [0.25, 0.3) is 0 Å². The fourth-order valence-corrected chi connectivity index (χ4v) is 14.5. The molecule has 3 nitrogen and oxygen atoms in total. The molecule has 0 unspecified atom stereocenters. The standard InChI is InChI=1S/C46H29N.C39H24N2.C4H8/c1-2-9-35(10-3-1)47-44-16-7-6-13-39(44)40-26-25-34(29-45(40)47)32-19-17-30(18-20-32)31-21-23-33(24-22-31)36-27-28-43-38-12-5-4-11-37(38)42-15-8-14-41(36)46(42)43;1-2-10-26(11-3-1)41-37-19-7-6-14-30(37)34-24-25(20-23-38(34)41)35-17-9-18-36(40-35)29-21-22-33-28-13-5-4-12-27(28)31-15-8-16-32(29)39(31)33;1-3-4-2/h1-29H;1-24H;3-4H,1-2H3/b;;4-3-. The third-order valence-electron chi connectivity index (χ3n) is 18.9. The molecule has 2 aliphatic carbocycles. The van der Waals surface area contributed by atoms with Crippen LogP contribution in [0, 0.1) is 0 Å². The number of nitrogens with zero attached hydrogens (tertiary/aromatic N) is 3. The maximum absolute atomic E-state index is 5.24. The molecule has 0 amide bonds. The van der Waals surface area contributed by atoms with Crippen LogP contribution in [-0.4, -0.2) is 14.1 Å². The summed E-state index contributed by atoms with van der Waals surface area (Å²) in [7, 11) is 0. The van der Waals surface area contributed by atoms with Gasteiger partial charge < -0.3 is 9.13 Å². The number of allylic oxidation sites excluding steroid dienone is 2. The molecule has 2 aliphatic rings. The maximum atomic E-state index is 5.24. The second-order valence-electron chi connectivity index (χ2n) is 23.9. The van der Waals surface area contributed by atoms with Gasteiger partial charge in [-0.3, -0.25) is 0 Å². The minimum atomic E-state index is 0.979. The molecular weight excluding hydrogens is 1110 g/mol. The van der Waals surface area contributed by atoms with E-state index < -0.39 is 0 Å². The number of rotatable bonds is 7. The normalized spacial score (nSPS) is 11.8. The van der Waals surface area contributed by atoms with E-state index in [0.717, 1.165) is 17.0 Å². The Bertz CT molecular complexity index is 5690. The van der Waals surface area contributed by atoms with Crippen LogP contribution in [0.25, 0.3) is 177 Å². The molecular formula is C89H61N3. The van der Waals surface area contributed by atoms with Crippen molar-refractivity contribution in [2.24, 2.45) is 0 Å².